The average Bonchev–Trinajstić information content (AvgIpc) is 2.50. The molecule has 1 atom stereocenters. The molecule has 1 saturated heterocycles. The summed E-state index contributed by atoms with van der Waals surface area (Å²) in [5, 5.41) is 12.1. The molecule has 0 aliphatic carbocycles. The SMILES string of the molecule is Cc1ccc(CCNC(=O)N2CCCCC2CCO)cc1. The van der Waals surface area contributed by atoms with Gasteiger partial charge in [-0.1, -0.05) is 29.8 Å². The van der Waals surface area contributed by atoms with Gasteiger partial charge >= 0.3 is 6.03 Å². The maximum Gasteiger partial charge on any atom is 0.317 e. The fourth-order valence-electron chi connectivity index (χ4n) is 2.89. The van der Waals surface area contributed by atoms with Gasteiger partial charge in [0.15, 0.2) is 0 Å². The van der Waals surface area contributed by atoms with Crippen LogP contribution in [0, 0.1) is 6.92 Å². The first-order valence-electron chi connectivity index (χ1n) is 7.91. The average molecular weight is 290 g/mol. The molecule has 0 aromatic heterocycles. The van der Waals surface area contributed by atoms with Gasteiger partial charge in [-0.3, -0.25) is 0 Å². The molecule has 4 heteroatoms. The summed E-state index contributed by atoms with van der Waals surface area (Å²) < 4.78 is 0. The van der Waals surface area contributed by atoms with Crippen molar-refractivity contribution in [3.63, 3.8) is 0 Å². The number of rotatable bonds is 5. The van der Waals surface area contributed by atoms with Crippen molar-refractivity contribution in [1.82, 2.24) is 10.2 Å². The lowest BCUT2D eigenvalue weighted by molar-refractivity contribution is 0.132. The first-order chi connectivity index (χ1) is 10.2. The third kappa shape index (κ3) is 4.74. The zero-order chi connectivity index (χ0) is 15.1. The summed E-state index contributed by atoms with van der Waals surface area (Å²) in [5.74, 6) is 0. The fourth-order valence-corrected chi connectivity index (χ4v) is 2.89. The number of nitrogens with one attached hydrogen (secondary N) is 1. The molecule has 2 amide bonds. The number of urea groups is 1. The minimum atomic E-state index is 0.0141. The third-order valence-corrected chi connectivity index (χ3v) is 4.16. The van der Waals surface area contributed by atoms with Crippen LogP contribution in [0.2, 0.25) is 0 Å². The Morgan fingerprint density at radius 3 is 2.81 bits per heavy atom. The van der Waals surface area contributed by atoms with Gasteiger partial charge in [-0.15, -0.1) is 0 Å². The Bertz CT molecular complexity index is 443. The van der Waals surface area contributed by atoms with E-state index in [2.05, 4.69) is 36.5 Å². The molecule has 0 spiro atoms. The van der Waals surface area contributed by atoms with Crippen molar-refractivity contribution in [2.45, 2.75) is 45.1 Å². The molecule has 0 saturated carbocycles. The minimum absolute atomic E-state index is 0.0141. The molecule has 21 heavy (non-hydrogen) atoms. The second-order valence-electron chi connectivity index (χ2n) is 5.82. The topological polar surface area (TPSA) is 52.6 Å². The molecule has 116 valence electrons. The number of hydrogen-bond acceptors (Lipinski definition) is 2. The second-order valence-corrected chi connectivity index (χ2v) is 5.82. The van der Waals surface area contributed by atoms with Gasteiger partial charge in [0.1, 0.15) is 0 Å². The van der Waals surface area contributed by atoms with Gasteiger partial charge in [-0.25, -0.2) is 4.79 Å². The highest BCUT2D eigenvalue weighted by molar-refractivity contribution is 5.74. The van der Waals surface area contributed by atoms with Crippen molar-refractivity contribution >= 4 is 6.03 Å². The number of benzene rings is 1. The molecule has 1 aliphatic heterocycles. The summed E-state index contributed by atoms with van der Waals surface area (Å²) in [6, 6.07) is 8.62. The van der Waals surface area contributed by atoms with Crippen LogP contribution < -0.4 is 5.32 Å². The summed E-state index contributed by atoms with van der Waals surface area (Å²) in [6.07, 6.45) is 4.76. The molecule has 4 nitrogen and oxygen atoms in total. The second kappa shape index (κ2) is 8.03. The zero-order valence-corrected chi connectivity index (χ0v) is 12.8. The van der Waals surface area contributed by atoms with E-state index in [-0.39, 0.29) is 18.7 Å². The van der Waals surface area contributed by atoms with E-state index in [1.165, 1.54) is 11.1 Å². The van der Waals surface area contributed by atoms with Crippen LogP contribution in [0.3, 0.4) is 0 Å². The predicted octanol–water partition coefficient (Wildman–Crippen LogP) is 2.48. The quantitative estimate of drug-likeness (QED) is 0.875. The number of piperidine rings is 1. The van der Waals surface area contributed by atoms with E-state index < -0.39 is 0 Å². The van der Waals surface area contributed by atoms with Crippen LogP contribution in [0.4, 0.5) is 4.79 Å². The van der Waals surface area contributed by atoms with Crippen molar-refractivity contribution in [3.8, 4) is 0 Å². The molecule has 1 aromatic carbocycles. The van der Waals surface area contributed by atoms with E-state index in [4.69, 9.17) is 5.11 Å². The number of carbonyl (C=O) groups excluding carboxylic acids is 1. The Morgan fingerprint density at radius 2 is 2.10 bits per heavy atom. The number of nitrogens with zero attached hydrogens (tertiary/aromatic N) is 1. The predicted molar refractivity (Wildman–Crippen MR) is 84.3 cm³/mol. The maximum atomic E-state index is 12.3. The smallest absolute Gasteiger partial charge is 0.317 e. The van der Waals surface area contributed by atoms with Crippen LogP contribution in [0.25, 0.3) is 0 Å². The number of hydrogen-bond donors (Lipinski definition) is 2. The molecule has 1 aliphatic rings. The van der Waals surface area contributed by atoms with Gasteiger partial charge in [0, 0.05) is 25.7 Å². The largest absolute Gasteiger partial charge is 0.396 e. The number of aryl methyl sites for hydroxylation is 1. The van der Waals surface area contributed by atoms with Crippen LogP contribution in [0.1, 0.15) is 36.8 Å². The first kappa shape index (κ1) is 15.8. The molecular weight excluding hydrogens is 264 g/mol. The van der Waals surface area contributed by atoms with Crippen molar-refractivity contribution < 1.29 is 9.90 Å². The van der Waals surface area contributed by atoms with E-state index in [0.29, 0.717) is 13.0 Å². The summed E-state index contributed by atoms with van der Waals surface area (Å²) in [5.41, 5.74) is 2.49. The molecule has 2 N–H and O–H groups in total. The Labute approximate surface area is 127 Å². The van der Waals surface area contributed by atoms with Crippen LogP contribution >= 0.6 is 0 Å². The monoisotopic (exact) mass is 290 g/mol. The highest BCUT2D eigenvalue weighted by atomic mass is 16.3. The Balaban J connectivity index is 1.78. The minimum Gasteiger partial charge on any atom is -0.396 e. The summed E-state index contributed by atoms with van der Waals surface area (Å²) in [4.78, 5) is 14.2. The maximum absolute atomic E-state index is 12.3. The standard InChI is InChI=1S/C17H26N2O2/c1-14-5-7-15(8-6-14)9-11-18-17(21)19-12-3-2-4-16(19)10-13-20/h5-8,16,20H,2-4,9-13H2,1H3,(H,18,21). The number of aliphatic hydroxyl groups excluding tert-OH is 1. The summed E-state index contributed by atoms with van der Waals surface area (Å²) in [7, 11) is 0. The normalized spacial score (nSPS) is 18.6. The Kier molecular flexibility index (Phi) is 6.05. The van der Waals surface area contributed by atoms with E-state index in [1.54, 1.807) is 0 Å². The Morgan fingerprint density at radius 1 is 1.33 bits per heavy atom. The third-order valence-electron chi connectivity index (χ3n) is 4.16. The van der Waals surface area contributed by atoms with E-state index in [1.807, 2.05) is 4.90 Å². The van der Waals surface area contributed by atoms with Gasteiger partial charge < -0.3 is 15.3 Å². The number of aliphatic hydroxyl groups is 1. The van der Waals surface area contributed by atoms with Gasteiger partial charge in [-0.2, -0.15) is 0 Å². The lowest BCUT2D eigenvalue weighted by Gasteiger charge is -2.35. The van der Waals surface area contributed by atoms with Crippen LogP contribution in [-0.4, -0.2) is 41.8 Å². The van der Waals surface area contributed by atoms with Gasteiger partial charge in [-0.05, 0) is 44.6 Å². The number of carbonyl (C=O) groups is 1. The van der Waals surface area contributed by atoms with E-state index >= 15 is 0 Å². The van der Waals surface area contributed by atoms with Crippen molar-refractivity contribution in [1.29, 1.82) is 0 Å². The Hall–Kier alpha value is -1.55. The van der Waals surface area contributed by atoms with Crippen LogP contribution in [0.5, 0.6) is 0 Å². The zero-order valence-electron chi connectivity index (χ0n) is 12.8. The lowest BCUT2D eigenvalue weighted by atomic mass is 10.0. The first-order valence-corrected chi connectivity index (χ1v) is 7.91. The van der Waals surface area contributed by atoms with Crippen LogP contribution in [0.15, 0.2) is 24.3 Å². The highest BCUT2D eigenvalue weighted by Crippen LogP contribution is 2.19. The molecule has 1 fully saturated rings. The molecule has 1 unspecified atom stereocenters. The van der Waals surface area contributed by atoms with Crippen LogP contribution in [-0.2, 0) is 6.42 Å². The van der Waals surface area contributed by atoms with Gasteiger partial charge in [0.2, 0.25) is 0 Å². The lowest BCUT2D eigenvalue weighted by Crippen LogP contribution is -2.49. The summed E-state index contributed by atoms with van der Waals surface area (Å²) >= 11 is 0. The van der Waals surface area contributed by atoms with Crippen molar-refractivity contribution in [2.24, 2.45) is 0 Å². The molecule has 0 radical (unpaired) electrons. The summed E-state index contributed by atoms with van der Waals surface area (Å²) in [6.45, 7) is 3.69. The number of likely N-dealkylation sites (tertiary alicyclic amines) is 1. The molecule has 2 rings (SSSR count). The van der Waals surface area contributed by atoms with Crippen molar-refractivity contribution in [3.05, 3.63) is 35.4 Å². The highest BCUT2D eigenvalue weighted by Gasteiger charge is 2.25. The molecular formula is C17H26N2O2. The molecule has 1 aromatic rings. The van der Waals surface area contributed by atoms with Crippen molar-refractivity contribution in [2.75, 3.05) is 19.7 Å². The molecule has 1 heterocycles. The van der Waals surface area contributed by atoms with Gasteiger partial charge in [0.05, 0.1) is 0 Å². The fraction of sp³-hybridized carbons (Fsp3) is 0.588. The van der Waals surface area contributed by atoms with E-state index in [9.17, 15) is 4.79 Å². The van der Waals surface area contributed by atoms with Gasteiger partial charge in [0.25, 0.3) is 0 Å². The van der Waals surface area contributed by atoms with E-state index in [0.717, 1.165) is 32.2 Å². The molecule has 0 bridgehead atoms. The number of amides is 2.